The van der Waals surface area contributed by atoms with E-state index in [0.717, 1.165) is 25.3 Å². The molecule has 0 saturated carbocycles. The summed E-state index contributed by atoms with van der Waals surface area (Å²) in [6.45, 7) is 5.19. The number of hydrogen-bond acceptors (Lipinski definition) is 4. The summed E-state index contributed by atoms with van der Waals surface area (Å²) in [5.74, 6) is 1.78. The lowest BCUT2D eigenvalue weighted by atomic mass is 9.76. The van der Waals surface area contributed by atoms with Crippen LogP contribution < -0.4 is 5.32 Å². The SMILES string of the molecule is Cc1ccccc1CSCC(=O)N1CC[C@@]2(O)CCNC[C@H]2C1.Cl. The summed E-state index contributed by atoms with van der Waals surface area (Å²) >= 11 is 1.68. The molecule has 0 radical (unpaired) electrons. The van der Waals surface area contributed by atoms with Gasteiger partial charge in [-0.05, 0) is 37.4 Å². The molecule has 1 aromatic carbocycles. The zero-order chi connectivity index (χ0) is 16.3. The maximum atomic E-state index is 12.5. The van der Waals surface area contributed by atoms with Crippen molar-refractivity contribution in [1.29, 1.82) is 0 Å². The molecule has 0 aliphatic carbocycles. The number of piperidine rings is 2. The number of rotatable bonds is 4. The molecule has 6 heteroatoms. The fourth-order valence-electron chi connectivity index (χ4n) is 3.56. The fraction of sp³-hybridized carbons (Fsp3) is 0.611. The van der Waals surface area contributed by atoms with E-state index in [1.54, 1.807) is 11.8 Å². The summed E-state index contributed by atoms with van der Waals surface area (Å²) in [6, 6.07) is 8.33. The van der Waals surface area contributed by atoms with Gasteiger partial charge in [0.25, 0.3) is 0 Å². The van der Waals surface area contributed by atoms with E-state index >= 15 is 0 Å². The van der Waals surface area contributed by atoms with Crippen LogP contribution >= 0.6 is 24.2 Å². The van der Waals surface area contributed by atoms with Gasteiger partial charge in [0.05, 0.1) is 11.4 Å². The lowest BCUT2D eigenvalue weighted by Gasteiger charge is -2.47. The van der Waals surface area contributed by atoms with Crippen LogP contribution in [0.2, 0.25) is 0 Å². The fourth-order valence-corrected chi connectivity index (χ4v) is 4.57. The summed E-state index contributed by atoms with van der Waals surface area (Å²) in [5.41, 5.74) is 2.02. The molecule has 134 valence electrons. The molecule has 2 aliphatic heterocycles. The predicted octanol–water partition coefficient (Wildman–Crippen LogP) is 2.22. The highest BCUT2D eigenvalue weighted by Gasteiger charge is 2.43. The van der Waals surface area contributed by atoms with Gasteiger partial charge in [-0.2, -0.15) is 0 Å². The Hall–Kier alpha value is -0.750. The Kier molecular flexibility index (Phi) is 6.99. The van der Waals surface area contributed by atoms with Crippen LogP contribution in [0.5, 0.6) is 0 Å². The molecular weight excluding hydrogens is 344 g/mol. The Labute approximate surface area is 154 Å². The van der Waals surface area contributed by atoms with Crippen molar-refractivity contribution in [2.75, 3.05) is 31.9 Å². The summed E-state index contributed by atoms with van der Waals surface area (Å²) < 4.78 is 0. The second kappa shape index (κ2) is 8.56. The van der Waals surface area contributed by atoms with Crippen LogP contribution in [0.15, 0.2) is 24.3 Å². The van der Waals surface area contributed by atoms with Gasteiger partial charge in [-0.3, -0.25) is 4.79 Å². The van der Waals surface area contributed by atoms with E-state index in [1.165, 1.54) is 11.1 Å². The Morgan fingerprint density at radius 1 is 1.42 bits per heavy atom. The third-order valence-electron chi connectivity index (χ3n) is 5.24. The second-order valence-electron chi connectivity index (χ2n) is 6.76. The van der Waals surface area contributed by atoms with Crippen molar-refractivity contribution >= 4 is 30.1 Å². The van der Waals surface area contributed by atoms with Crippen LogP contribution in [0.1, 0.15) is 24.0 Å². The molecule has 1 amide bonds. The average molecular weight is 371 g/mol. The highest BCUT2D eigenvalue weighted by Crippen LogP contribution is 2.33. The van der Waals surface area contributed by atoms with Crippen LogP contribution in [0, 0.1) is 12.8 Å². The van der Waals surface area contributed by atoms with Crippen LogP contribution in [-0.4, -0.2) is 53.4 Å². The third-order valence-corrected chi connectivity index (χ3v) is 6.20. The highest BCUT2D eigenvalue weighted by molar-refractivity contribution is 7.99. The molecule has 0 bridgehead atoms. The standard InChI is InChI=1S/C18H26N2O2S.ClH/c1-14-4-2-3-5-15(14)12-23-13-17(21)20-9-7-18(22)6-8-19-10-16(18)11-20;/h2-5,16,19,22H,6-13H2,1H3;1H/t16-,18-;/m0./s1. The maximum absolute atomic E-state index is 12.5. The number of hydrogen-bond donors (Lipinski definition) is 2. The zero-order valence-corrected chi connectivity index (χ0v) is 15.8. The van der Waals surface area contributed by atoms with Gasteiger partial charge >= 0.3 is 0 Å². The molecule has 1 aromatic rings. The van der Waals surface area contributed by atoms with Gasteiger partial charge < -0.3 is 15.3 Å². The molecule has 24 heavy (non-hydrogen) atoms. The zero-order valence-electron chi connectivity index (χ0n) is 14.2. The molecule has 4 nitrogen and oxygen atoms in total. The number of nitrogens with one attached hydrogen (secondary N) is 1. The van der Waals surface area contributed by atoms with E-state index in [9.17, 15) is 9.90 Å². The van der Waals surface area contributed by atoms with Gasteiger partial charge in [0, 0.05) is 31.3 Å². The molecule has 3 rings (SSSR count). The number of nitrogens with zero attached hydrogens (tertiary/aromatic N) is 1. The minimum atomic E-state index is -0.559. The summed E-state index contributed by atoms with van der Waals surface area (Å²) in [4.78, 5) is 14.4. The molecule has 0 aromatic heterocycles. The minimum absolute atomic E-state index is 0. The van der Waals surface area contributed by atoms with Crippen LogP contribution in [0.4, 0.5) is 0 Å². The molecule has 0 spiro atoms. The second-order valence-corrected chi connectivity index (χ2v) is 7.75. The Bertz CT molecular complexity index is 572. The molecule has 2 saturated heterocycles. The van der Waals surface area contributed by atoms with Crippen molar-refractivity contribution in [2.45, 2.75) is 31.1 Å². The first kappa shape index (κ1) is 19.6. The number of aryl methyl sites for hydroxylation is 1. The molecule has 2 atom stereocenters. The van der Waals surface area contributed by atoms with Crippen molar-refractivity contribution in [2.24, 2.45) is 5.92 Å². The minimum Gasteiger partial charge on any atom is -0.389 e. The highest BCUT2D eigenvalue weighted by atomic mass is 35.5. The maximum Gasteiger partial charge on any atom is 0.232 e. The number of fused-ring (bicyclic) bond motifs is 1. The molecule has 2 fully saturated rings. The number of benzene rings is 1. The Morgan fingerprint density at radius 3 is 3.00 bits per heavy atom. The van der Waals surface area contributed by atoms with Gasteiger partial charge in [0.2, 0.25) is 5.91 Å². The number of halogens is 1. The van der Waals surface area contributed by atoms with Gasteiger partial charge in [0.1, 0.15) is 0 Å². The van der Waals surface area contributed by atoms with Crippen molar-refractivity contribution in [3.63, 3.8) is 0 Å². The summed E-state index contributed by atoms with van der Waals surface area (Å²) in [5, 5.41) is 14.0. The van der Waals surface area contributed by atoms with Gasteiger partial charge in [0.15, 0.2) is 0 Å². The lowest BCUT2D eigenvalue weighted by molar-refractivity contribution is -0.139. The van der Waals surface area contributed by atoms with Crippen molar-refractivity contribution in [3.05, 3.63) is 35.4 Å². The predicted molar refractivity (Wildman–Crippen MR) is 102 cm³/mol. The van der Waals surface area contributed by atoms with E-state index in [0.29, 0.717) is 25.3 Å². The van der Waals surface area contributed by atoms with Crippen molar-refractivity contribution < 1.29 is 9.90 Å². The smallest absolute Gasteiger partial charge is 0.232 e. The first-order valence-electron chi connectivity index (χ1n) is 8.41. The van der Waals surface area contributed by atoms with Gasteiger partial charge in [-0.15, -0.1) is 24.2 Å². The van der Waals surface area contributed by atoms with E-state index in [4.69, 9.17) is 0 Å². The van der Waals surface area contributed by atoms with E-state index < -0.39 is 5.60 Å². The number of aliphatic hydroxyl groups is 1. The van der Waals surface area contributed by atoms with E-state index in [-0.39, 0.29) is 24.2 Å². The third kappa shape index (κ3) is 4.45. The Morgan fingerprint density at radius 2 is 2.21 bits per heavy atom. The van der Waals surface area contributed by atoms with E-state index in [1.807, 2.05) is 17.0 Å². The number of amides is 1. The average Bonchev–Trinajstić information content (AvgIpc) is 2.55. The molecular formula is C18H27ClN2O2S. The summed E-state index contributed by atoms with van der Waals surface area (Å²) in [6.07, 6.45) is 1.52. The van der Waals surface area contributed by atoms with Crippen LogP contribution in [-0.2, 0) is 10.5 Å². The van der Waals surface area contributed by atoms with Gasteiger partial charge in [-0.1, -0.05) is 24.3 Å². The van der Waals surface area contributed by atoms with Crippen LogP contribution in [0.25, 0.3) is 0 Å². The van der Waals surface area contributed by atoms with E-state index in [2.05, 4.69) is 24.4 Å². The quantitative estimate of drug-likeness (QED) is 0.853. The van der Waals surface area contributed by atoms with Crippen molar-refractivity contribution in [3.8, 4) is 0 Å². The normalized spacial score (nSPS) is 26.4. The number of carbonyl (C=O) groups excluding carboxylic acids is 1. The number of thioether (sulfide) groups is 1. The van der Waals surface area contributed by atoms with Gasteiger partial charge in [-0.25, -0.2) is 0 Å². The number of likely N-dealkylation sites (tertiary alicyclic amines) is 1. The Balaban J connectivity index is 0.00000208. The lowest BCUT2D eigenvalue weighted by Crippen LogP contribution is -2.60. The molecule has 2 heterocycles. The van der Waals surface area contributed by atoms with Crippen molar-refractivity contribution in [1.82, 2.24) is 10.2 Å². The molecule has 2 aliphatic rings. The summed E-state index contributed by atoms with van der Waals surface area (Å²) in [7, 11) is 0. The number of carbonyl (C=O) groups is 1. The topological polar surface area (TPSA) is 52.6 Å². The molecule has 0 unspecified atom stereocenters. The first-order valence-corrected chi connectivity index (χ1v) is 9.57. The first-order chi connectivity index (χ1) is 11.1. The monoisotopic (exact) mass is 370 g/mol. The largest absolute Gasteiger partial charge is 0.389 e. The van der Waals surface area contributed by atoms with Crippen LogP contribution in [0.3, 0.4) is 0 Å². The molecule has 2 N–H and O–H groups in total.